The topological polar surface area (TPSA) is 62.2 Å². The van der Waals surface area contributed by atoms with Crippen LogP contribution in [0.2, 0.25) is 0 Å². The highest BCUT2D eigenvalue weighted by Gasteiger charge is 2.15. The Morgan fingerprint density at radius 1 is 1.41 bits per heavy atom. The Labute approximate surface area is 98.9 Å². The van der Waals surface area contributed by atoms with Crippen molar-refractivity contribution in [2.24, 2.45) is 0 Å². The Balaban J connectivity index is 1.85. The summed E-state index contributed by atoms with van der Waals surface area (Å²) < 4.78 is 1.50. The van der Waals surface area contributed by atoms with E-state index in [4.69, 9.17) is 0 Å². The van der Waals surface area contributed by atoms with Gasteiger partial charge in [0.25, 0.3) is 5.56 Å². The van der Waals surface area contributed by atoms with Crippen molar-refractivity contribution in [1.82, 2.24) is 19.9 Å². The minimum Gasteiger partial charge on any atom is -0.314 e. The van der Waals surface area contributed by atoms with Crippen LogP contribution in [-0.2, 0) is 6.42 Å². The van der Waals surface area contributed by atoms with Gasteiger partial charge in [0, 0.05) is 18.5 Å². The van der Waals surface area contributed by atoms with Gasteiger partial charge in [0.2, 0.25) is 0 Å². The third-order valence-electron chi connectivity index (χ3n) is 3.28. The highest BCUT2D eigenvalue weighted by molar-refractivity contribution is 5.36. The first-order valence-corrected chi connectivity index (χ1v) is 6.13. The predicted molar refractivity (Wildman–Crippen MR) is 65.2 cm³/mol. The molecule has 0 bridgehead atoms. The molecule has 0 spiro atoms. The Morgan fingerprint density at radius 3 is 3.12 bits per heavy atom. The first-order valence-electron chi connectivity index (χ1n) is 6.13. The molecule has 0 amide bonds. The second kappa shape index (κ2) is 4.33. The van der Waals surface area contributed by atoms with Gasteiger partial charge in [-0.05, 0) is 25.5 Å². The summed E-state index contributed by atoms with van der Waals surface area (Å²) in [7, 11) is 0. The molecule has 1 aliphatic heterocycles. The van der Waals surface area contributed by atoms with Crippen molar-refractivity contribution in [3.63, 3.8) is 0 Å². The van der Waals surface area contributed by atoms with Gasteiger partial charge < -0.3 is 5.32 Å². The smallest absolute Gasteiger partial charge is 0.271 e. The molecule has 0 aromatic carbocycles. The second-order valence-electron chi connectivity index (χ2n) is 4.58. The fourth-order valence-electron chi connectivity index (χ4n) is 2.39. The molecule has 5 nitrogen and oxygen atoms in total. The van der Waals surface area contributed by atoms with E-state index in [1.165, 1.54) is 29.8 Å². The van der Waals surface area contributed by atoms with Crippen LogP contribution in [0.1, 0.15) is 25.1 Å². The molecule has 0 radical (unpaired) electrons. The van der Waals surface area contributed by atoms with E-state index in [1.54, 1.807) is 6.07 Å². The largest absolute Gasteiger partial charge is 0.314 e. The third-order valence-corrected chi connectivity index (χ3v) is 3.28. The average Bonchev–Trinajstić information content (AvgIpc) is 2.74. The van der Waals surface area contributed by atoms with E-state index in [1.807, 2.05) is 6.07 Å². The SMILES string of the molecule is O=c1cccc2nc(CC3CCCCN3)[nH]n12. The molecule has 0 aliphatic carbocycles. The predicted octanol–water partition coefficient (Wildman–Crippen LogP) is 0.707. The van der Waals surface area contributed by atoms with Crippen LogP contribution < -0.4 is 10.9 Å². The molecular weight excluding hydrogens is 216 g/mol. The number of nitrogens with one attached hydrogen (secondary N) is 2. The maximum atomic E-state index is 11.6. The van der Waals surface area contributed by atoms with E-state index in [-0.39, 0.29) is 5.56 Å². The summed E-state index contributed by atoms with van der Waals surface area (Å²) in [6, 6.07) is 5.60. The number of fused-ring (bicyclic) bond motifs is 1. The second-order valence-corrected chi connectivity index (χ2v) is 4.58. The summed E-state index contributed by atoms with van der Waals surface area (Å²) in [6.45, 7) is 1.09. The molecule has 3 rings (SSSR count). The fraction of sp³-hybridized carbons (Fsp3) is 0.500. The lowest BCUT2D eigenvalue weighted by molar-refractivity contribution is 0.394. The van der Waals surface area contributed by atoms with Gasteiger partial charge in [-0.15, -0.1) is 0 Å². The van der Waals surface area contributed by atoms with Crippen LogP contribution in [0.25, 0.3) is 5.65 Å². The molecule has 2 aromatic rings. The molecule has 3 heterocycles. The zero-order chi connectivity index (χ0) is 11.7. The van der Waals surface area contributed by atoms with Gasteiger partial charge in [-0.3, -0.25) is 9.89 Å². The summed E-state index contributed by atoms with van der Waals surface area (Å²) in [5.74, 6) is 0.882. The third kappa shape index (κ3) is 2.10. The average molecular weight is 232 g/mol. The summed E-state index contributed by atoms with van der Waals surface area (Å²) in [5.41, 5.74) is 0.640. The molecule has 1 saturated heterocycles. The van der Waals surface area contributed by atoms with Crippen molar-refractivity contribution in [2.45, 2.75) is 31.7 Å². The van der Waals surface area contributed by atoms with E-state index in [9.17, 15) is 4.79 Å². The minimum absolute atomic E-state index is 0.0575. The molecule has 17 heavy (non-hydrogen) atoms. The Morgan fingerprint density at radius 2 is 2.35 bits per heavy atom. The lowest BCUT2D eigenvalue weighted by atomic mass is 10.0. The monoisotopic (exact) mass is 232 g/mol. The van der Waals surface area contributed by atoms with Gasteiger partial charge in [0.05, 0.1) is 0 Å². The van der Waals surface area contributed by atoms with Crippen LogP contribution in [-0.4, -0.2) is 27.2 Å². The van der Waals surface area contributed by atoms with Crippen LogP contribution in [0, 0.1) is 0 Å². The number of nitrogens with zero attached hydrogens (tertiary/aromatic N) is 2. The molecule has 2 N–H and O–H groups in total. The summed E-state index contributed by atoms with van der Waals surface area (Å²) in [5, 5.41) is 6.54. The Bertz CT molecular complexity index is 565. The van der Waals surface area contributed by atoms with Crippen molar-refractivity contribution in [2.75, 3.05) is 6.54 Å². The van der Waals surface area contributed by atoms with Crippen LogP contribution in [0.4, 0.5) is 0 Å². The maximum Gasteiger partial charge on any atom is 0.271 e. The highest BCUT2D eigenvalue weighted by Crippen LogP contribution is 2.10. The van der Waals surface area contributed by atoms with Crippen molar-refractivity contribution >= 4 is 5.65 Å². The summed E-state index contributed by atoms with van der Waals surface area (Å²) >= 11 is 0. The van der Waals surface area contributed by atoms with Crippen LogP contribution in [0.3, 0.4) is 0 Å². The van der Waals surface area contributed by atoms with E-state index in [0.29, 0.717) is 11.7 Å². The van der Waals surface area contributed by atoms with Gasteiger partial charge in [-0.25, -0.2) is 9.50 Å². The van der Waals surface area contributed by atoms with Crippen LogP contribution >= 0.6 is 0 Å². The van der Waals surface area contributed by atoms with Gasteiger partial charge >= 0.3 is 0 Å². The lowest BCUT2D eigenvalue weighted by Crippen LogP contribution is -2.35. The van der Waals surface area contributed by atoms with Crippen molar-refractivity contribution in [1.29, 1.82) is 0 Å². The molecular formula is C12H16N4O. The zero-order valence-corrected chi connectivity index (χ0v) is 9.65. The number of H-pyrrole nitrogens is 1. The molecule has 2 aromatic heterocycles. The fourth-order valence-corrected chi connectivity index (χ4v) is 2.39. The molecule has 1 unspecified atom stereocenters. The summed E-state index contributed by atoms with van der Waals surface area (Å²) in [6.07, 6.45) is 4.58. The van der Waals surface area contributed by atoms with Gasteiger partial charge in [-0.1, -0.05) is 12.5 Å². The van der Waals surface area contributed by atoms with E-state index in [0.717, 1.165) is 18.8 Å². The van der Waals surface area contributed by atoms with E-state index in [2.05, 4.69) is 15.4 Å². The number of pyridine rings is 1. The van der Waals surface area contributed by atoms with Crippen molar-refractivity contribution in [3.8, 4) is 0 Å². The van der Waals surface area contributed by atoms with Crippen LogP contribution in [0.15, 0.2) is 23.0 Å². The number of piperidine rings is 1. The van der Waals surface area contributed by atoms with E-state index < -0.39 is 0 Å². The Hall–Kier alpha value is -1.62. The van der Waals surface area contributed by atoms with E-state index >= 15 is 0 Å². The summed E-state index contributed by atoms with van der Waals surface area (Å²) in [4.78, 5) is 16.0. The molecule has 1 atom stereocenters. The molecule has 1 fully saturated rings. The molecule has 1 aliphatic rings. The van der Waals surface area contributed by atoms with Crippen molar-refractivity contribution < 1.29 is 0 Å². The molecule has 0 saturated carbocycles. The zero-order valence-electron chi connectivity index (χ0n) is 9.65. The quantitative estimate of drug-likeness (QED) is 0.801. The number of rotatable bonds is 2. The first-order chi connectivity index (χ1) is 8.33. The standard InChI is InChI=1S/C12H16N4O/c17-12-6-3-5-11-14-10(15-16(11)12)8-9-4-1-2-7-13-9/h3,5-6,9,13H,1-2,4,7-8H2,(H,14,15). The molecule has 5 heteroatoms. The maximum absolute atomic E-state index is 11.6. The minimum atomic E-state index is -0.0575. The van der Waals surface area contributed by atoms with Gasteiger partial charge in [0.1, 0.15) is 5.82 Å². The highest BCUT2D eigenvalue weighted by atomic mass is 16.1. The number of aromatic amines is 1. The van der Waals surface area contributed by atoms with Gasteiger partial charge in [-0.2, -0.15) is 0 Å². The van der Waals surface area contributed by atoms with Crippen molar-refractivity contribution in [3.05, 3.63) is 34.4 Å². The first kappa shape index (κ1) is 10.5. The van der Waals surface area contributed by atoms with Crippen LogP contribution in [0.5, 0.6) is 0 Å². The number of hydrogen-bond donors (Lipinski definition) is 2. The normalized spacial score (nSPS) is 20.8. The number of hydrogen-bond acceptors (Lipinski definition) is 3. The lowest BCUT2D eigenvalue weighted by Gasteiger charge is -2.22. The van der Waals surface area contributed by atoms with Gasteiger partial charge in [0.15, 0.2) is 5.65 Å². The Kier molecular flexibility index (Phi) is 2.68. The number of aromatic nitrogens is 3. The molecule has 90 valence electrons.